The second-order valence-corrected chi connectivity index (χ2v) is 4.56. The van der Waals surface area contributed by atoms with Gasteiger partial charge in [0.25, 0.3) is 5.91 Å². The molecule has 3 N–H and O–H groups in total. The number of carbonyl (C=O) groups is 1. The van der Waals surface area contributed by atoms with E-state index in [1.54, 1.807) is 0 Å². The summed E-state index contributed by atoms with van der Waals surface area (Å²) in [7, 11) is 0. The Bertz CT molecular complexity index is 461. The minimum Gasteiger partial charge on any atom is -0.349 e. The highest BCUT2D eigenvalue weighted by Gasteiger charge is 2.28. The van der Waals surface area contributed by atoms with Crippen LogP contribution in [0.2, 0.25) is 5.02 Å². The maximum atomic E-state index is 13.4. The lowest BCUT2D eigenvalue weighted by molar-refractivity contribution is 0.0905. The number of hydrogen-bond acceptors (Lipinski definition) is 2. The average molecular weight is 261 g/mol. The lowest BCUT2D eigenvalue weighted by Gasteiger charge is -2.32. The highest BCUT2D eigenvalue weighted by Crippen LogP contribution is 2.21. The third-order valence-corrected chi connectivity index (χ3v) is 3.05. The molecule has 6 heteroatoms. The molecule has 3 nitrogen and oxygen atoms in total. The first kappa shape index (κ1) is 12.3. The Balaban J connectivity index is 2.11. The van der Waals surface area contributed by atoms with Crippen LogP contribution in [0.3, 0.4) is 0 Å². The lowest BCUT2D eigenvalue weighted by atomic mass is 9.87. The summed E-state index contributed by atoms with van der Waals surface area (Å²) in [5.41, 5.74) is 5.21. The van der Waals surface area contributed by atoms with Crippen LogP contribution in [0.5, 0.6) is 0 Å². The largest absolute Gasteiger partial charge is 0.349 e. The Hall–Kier alpha value is -1.20. The predicted octanol–water partition coefficient (Wildman–Crippen LogP) is 1.84. The Morgan fingerprint density at radius 3 is 2.59 bits per heavy atom. The summed E-state index contributed by atoms with van der Waals surface area (Å²) >= 11 is 5.39. The van der Waals surface area contributed by atoms with E-state index in [0.717, 1.165) is 12.1 Å². The third kappa shape index (κ3) is 2.56. The van der Waals surface area contributed by atoms with E-state index in [2.05, 4.69) is 5.32 Å². The summed E-state index contributed by atoms with van der Waals surface area (Å²) < 4.78 is 26.5. The van der Waals surface area contributed by atoms with Gasteiger partial charge in [-0.15, -0.1) is 0 Å². The molecule has 1 amide bonds. The second-order valence-electron chi connectivity index (χ2n) is 4.15. The van der Waals surface area contributed by atoms with Crippen molar-refractivity contribution in [3.8, 4) is 0 Å². The highest BCUT2D eigenvalue weighted by molar-refractivity contribution is 6.30. The van der Waals surface area contributed by atoms with Crippen molar-refractivity contribution < 1.29 is 13.6 Å². The molecule has 0 saturated heterocycles. The first-order chi connectivity index (χ1) is 7.97. The molecule has 1 fully saturated rings. The molecule has 0 heterocycles. The van der Waals surface area contributed by atoms with Crippen LogP contribution in [-0.4, -0.2) is 18.0 Å². The number of halogens is 3. The van der Waals surface area contributed by atoms with Crippen LogP contribution in [0.15, 0.2) is 12.1 Å². The Morgan fingerprint density at radius 2 is 2.00 bits per heavy atom. The van der Waals surface area contributed by atoms with Gasteiger partial charge in [0, 0.05) is 12.1 Å². The monoisotopic (exact) mass is 260 g/mol. The maximum Gasteiger partial charge on any atom is 0.254 e. The summed E-state index contributed by atoms with van der Waals surface area (Å²) in [5, 5.41) is 2.24. The van der Waals surface area contributed by atoms with Crippen molar-refractivity contribution in [1.29, 1.82) is 0 Å². The molecule has 1 aliphatic rings. The van der Waals surface area contributed by atoms with Crippen molar-refractivity contribution in [2.45, 2.75) is 24.9 Å². The molecule has 0 aliphatic heterocycles. The predicted molar refractivity (Wildman–Crippen MR) is 59.8 cm³/mol. The van der Waals surface area contributed by atoms with Crippen molar-refractivity contribution >= 4 is 17.5 Å². The first-order valence-corrected chi connectivity index (χ1v) is 5.56. The van der Waals surface area contributed by atoms with Crippen LogP contribution in [0, 0.1) is 11.6 Å². The molecule has 1 saturated carbocycles. The van der Waals surface area contributed by atoms with E-state index in [1.807, 2.05) is 0 Å². The molecule has 17 heavy (non-hydrogen) atoms. The number of hydrogen-bond donors (Lipinski definition) is 2. The van der Waals surface area contributed by atoms with Crippen LogP contribution < -0.4 is 11.1 Å². The van der Waals surface area contributed by atoms with Gasteiger partial charge in [-0.3, -0.25) is 4.79 Å². The van der Waals surface area contributed by atoms with Gasteiger partial charge in [0.1, 0.15) is 11.6 Å². The molecule has 0 aromatic heterocycles. The van der Waals surface area contributed by atoms with E-state index in [-0.39, 0.29) is 22.7 Å². The number of carbonyl (C=O) groups excluding carboxylic acids is 1. The quantitative estimate of drug-likeness (QED) is 0.797. The van der Waals surface area contributed by atoms with Crippen molar-refractivity contribution in [3.05, 3.63) is 34.4 Å². The zero-order chi connectivity index (χ0) is 12.6. The van der Waals surface area contributed by atoms with Crippen LogP contribution in [0.4, 0.5) is 8.78 Å². The van der Waals surface area contributed by atoms with Crippen LogP contribution in [-0.2, 0) is 0 Å². The van der Waals surface area contributed by atoms with Gasteiger partial charge in [-0.2, -0.15) is 0 Å². The summed E-state index contributed by atoms with van der Waals surface area (Å²) in [6, 6.07) is 1.60. The summed E-state index contributed by atoms with van der Waals surface area (Å²) in [4.78, 5) is 11.6. The number of nitrogens with two attached hydrogens (primary N) is 1. The summed E-state index contributed by atoms with van der Waals surface area (Å²) in [6.07, 6.45) is 1.31. The van der Waals surface area contributed by atoms with E-state index in [1.165, 1.54) is 0 Å². The van der Waals surface area contributed by atoms with Gasteiger partial charge in [-0.05, 0) is 25.0 Å². The molecule has 1 aliphatic carbocycles. The fourth-order valence-electron chi connectivity index (χ4n) is 1.74. The minimum atomic E-state index is -0.836. The molecular formula is C11H11ClF2N2O. The molecule has 0 radical (unpaired) electrons. The zero-order valence-corrected chi connectivity index (χ0v) is 9.60. The molecule has 0 unspecified atom stereocenters. The molecule has 2 rings (SSSR count). The smallest absolute Gasteiger partial charge is 0.254 e. The van der Waals surface area contributed by atoms with Gasteiger partial charge in [0.05, 0.1) is 10.6 Å². The molecule has 0 atom stereocenters. The number of amides is 1. The maximum absolute atomic E-state index is 13.4. The van der Waals surface area contributed by atoms with Crippen molar-refractivity contribution in [2.24, 2.45) is 5.73 Å². The molecular weight excluding hydrogens is 250 g/mol. The molecule has 0 bridgehead atoms. The summed E-state index contributed by atoms with van der Waals surface area (Å²) in [6.45, 7) is 0. The molecule has 1 aromatic carbocycles. The van der Waals surface area contributed by atoms with Gasteiger partial charge in [0.15, 0.2) is 0 Å². The fraction of sp³-hybridized carbons (Fsp3) is 0.364. The van der Waals surface area contributed by atoms with E-state index in [0.29, 0.717) is 12.8 Å². The number of nitrogens with one attached hydrogen (secondary N) is 1. The van der Waals surface area contributed by atoms with Crippen LogP contribution in [0.1, 0.15) is 23.2 Å². The van der Waals surface area contributed by atoms with E-state index in [4.69, 9.17) is 17.3 Å². The second kappa shape index (κ2) is 4.58. The Labute approximate surface area is 102 Å². The number of benzene rings is 1. The van der Waals surface area contributed by atoms with Gasteiger partial charge in [0.2, 0.25) is 0 Å². The summed E-state index contributed by atoms with van der Waals surface area (Å²) in [5.74, 6) is -2.30. The normalized spacial score (nSPS) is 23.1. The van der Waals surface area contributed by atoms with Crippen molar-refractivity contribution in [3.63, 3.8) is 0 Å². The van der Waals surface area contributed by atoms with Gasteiger partial charge in [-0.1, -0.05) is 11.6 Å². The van der Waals surface area contributed by atoms with E-state index < -0.39 is 17.5 Å². The van der Waals surface area contributed by atoms with Crippen molar-refractivity contribution in [2.75, 3.05) is 0 Å². The zero-order valence-electron chi connectivity index (χ0n) is 8.84. The minimum absolute atomic E-state index is 0.0596. The topological polar surface area (TPSA) is 55.1 Å². The standard InChI is InChI=1S/C11H11ClF2N2O/c12-8-4-9(13)7(3-10(8)14)11(17)16-6-1-5(15)2-6/h3-6H,1-2,15H2,(H,16,17). The van der Waals surface area contributed by atoms with E-state index >= 15 is 0 Å². The van der Waals surface area contributed by atoms with E-state index in [9.17, 15) is 13.6 Å². The molecule has 1 aromatic rings. The third-order valence-electron chi connectivity index (χ3n) is 2.76. The molecule has 92 valence electrons. The number of rotatable bonds is 2. The Kier molecular flexibility index (Phi) is 3.31. The van der Waals surface area contributed by atoms with Crippen LogP contribution >= 0.6 is 11.6 Å². The highest BCUT2D eigenvalue weighted by atomic mass is 35.5. The van der Waals surface area contributed by atoms with Crippen LogP contribution in [0.25, 0.3) is 0 Å². The molecule has 0 spiro atoms. The lowest BCUT2D eigenvalue weighted by Crippen LogP contribution is -2.50. The average Bonchev–Trinajstić information content (AvgIpc) is 2.21. The Morgan fingerprint density at radius 1 is 1.35 bits per heavy atom. The SMILES string of the molecule is NC1CC(NC(=O)c2cc(F)c(Cl)cc2F)C1. The fourth-order valence-corrected chi connectivity index (χ4v) is 1.89. The van der Waals surface area contributed by atoms with Gasteiger partial charge in [-0.25, -0.2) is 8.78 Å². The van der Waals surface area contributed by atoms with Crippen molar-refractivity contribution in [1.82, 2.24) is 5.32 Å². The van der Waals surface area contributed by atoms with Gasteiger partial charge >= 0.3 is 0 Å². The van der Waals surface area contributed by atoms with Gasteiger partial charge < -0.3 is 11.1 Å². The first-order valence-electron chi connectivity index (χ1n) is 5.18.